The lowest BCUT2D eigenvalue weighted by Crippen LogP contribution is -2.39. The molecule has 3 rings (SSSR count). The summed E-state index contributed by atoms with van der Waals surface area (Å²) in [6.07, 6.45) is 7.45. The predicted octanol–water partition coefficient (Wildman–Crippen LogP) is 1.91. The van der Waals surface area contributed by atoms with Gasteiger partial charge in [-0.2, -0.15) is 0 Å². The van der Waals surface area contributed by atoms with Crippen LogP contribution in [0.15, 0.2) is 0 Å². The van der Waals surface area contributed by atoms with Crippen LogP contribution in [0.25, 0.3) is 0 Å². The van der Waals surface area contributed by atoms with Crippen molar-refractivity contribution in [2.24, 2.45) is 17.3 Å². The molecule has 0 saturated heterocycles. The minimum absolute atomic E-state index is 0.00403. The van der Waals surface area contributed by atoms with Gasteiger partial charge >= 0.3 is 0 Å². The van der Waals surface area contributed by atoms with E-state index >= 15 is 0 Å². The lowest BCUT2D eigenvalue weighted by Gasteiger charge is -2.45. The molecule has 1 N–H and O–H groups in total. The standard InChI is InChI=1S/C12H18O2/c13-10-5-8-3-1-2-4-12(8)6-9(10)11(14)7-12/h8-10,13H,1-7H2. The van der Waals surface area contributed by atoms with Crippen LogP contribution in [-0.4, -0.2) is 17.0 Å². The third-order valence-electron chi connectivity index (χ3n) is 4.90. The summed E-state index contributed by atoms with van der Waals surface area (Å²) < 4.78 is 0. The van der Waals surface area contributed by atoms with Crippen LogP contribution in [0.2, 0.25) is 0 Å². The average molecular weight is 194 g/mol. The number of Topliss-reactive ketones (excluding diaryl/α,β-unsaturated/α-hetero) is 1. The highest BCUT2D eigenvalue weighted by Crippen LogP contribution is 2.58. The van der Waals surface area contributed by atoms with Crippen molar-refractivity contribution in [2.75, 3.05) is 0 Å². The third kappa shape index (κ3) is 1.04. The van der Waals surface area contributed by atoms with Crippen LogP contribution >= 0.6 is 0 Å². The van der Waals surface area contributed by atoms with Crippen molar-refractivity contribution < 1.29 is 9.90 Å². The van der Waals surface area contributed by atoms with Crippen molar-refractivity contribution in [1.82, 2.24) is 0 Å². The third-order valence-corrected chi connectivity index (χ3v) is 4.90. The molecule has 1 spiro atoms. The summed E-state index contributed by atoms with van der Waals surface area (Å²) in [6.45, 7) is 0. The Kier molecular flexibility index (Phi) is 1.79. The van der Waals surface area contributed by atoms with Gasteiger partial charge in [0, 0.05) is 12.3 Å². The quantitative estimate of drug-likeness (QED) is 0.639. The predicted molar refractivity (Wildman–Crippen MR) is 52.7 cm³/mol. The van der Waals surface area contributed by atoms with Crippen LogP contribution in [0.4, 0.5) is 0 Å². The molecule has 0 aromatic rings. The fourth-order valence-electron chi connectivity index (χ4n) is 4.16. The van der Waals surface area contributed by atoms with E-state index in [0.29, 0.717) is 17.1 Å². The summed E-state index contributed by atoms with van der Waals surface area (Å²) in [6, 6.07) is 0. The Morgan fingerprint density at radius 1 is 1.36 bits per heavy atom. The molecule has 3 aliphatic rings. The fraction of sp³-hybridized carbons (Fsp3) is 0.917. The number of aliphatic hydroxyl groups excluding tert-OH is 1. The highest BCUT2D eigenvalue weighted by molar-refractivity contribution is 5.85. The SMILES string of the molecule is O=C1CC23CCCCC2CC(O)C1C3. The van der Waals surface area contributed by atoms with Crippen LogP contribution in [0.5, 0.6) is 0 Å². The molecule has 0 heterocycles. The Bertz CT molecular complexity index is 273. The van der Waals surface area contributed by atoms with E-state index in [4.69, 9.17) is 0 Å². The molecule has 2 nitrogen and oxygen atoms in total. The first kappa shape index (κ1) is 8.90. The van der Waals surface area contributed by atoms with Crippen LogP contribution in [0.1, 0.15) is 44.9 Å². The van der Waals surface area contributed by atoms with Crippen LogP contribution in [0, 0.1) is 17.3 Å². The van der Waals surface area contributed by atoms with Gasteiger partial charge in [-0.1, -0.05) is 12.8 Å². The molecule has 3 fully saturated rings. The molecule has 0 radical (unpaired) electrons. The molecule has 2 heteroatoms. The molecule has 14 heavy (non-hydrogen) atoms. The highest BCUT2D eigenvalue weighted by atomic mass is 16.3. The smallest absolute Gasteiger partial charge is 0.139 e. The largest absolute Gasteiger partial charge is 0.392 e. The molecule has 78 valence electrons. The molecule has 3 saturated carbocycles. The molecular weight excluding hydrogens is 176 g/mol. The van der Waals surface area contributed by atoms with Gasteiger partial charge in [-0.3, -0.25) is 4.79 Å². The van der Waals surface area contributed by atoms with Crippen molar-refractivity contribution in [1.29, 1.82) is 0 Å². The minimum atomic E-state index is -0.318. The zero-order valence-corrected chi connectivity index (χ0v) is 8.54. The van der Waals surface area contributed by atoms with Gasteiger partial charge in [0.1, 0.15) is 5.78 Å². The second-order valence-corrected chi connectivity index (χ2v) is 5.56. The second-order valence-electron chi connectivity index (χ2n) is 5.56. The normalized spacial score (nSPS) is 51.8. The Morgan fingerprint density at radius 2 is 2.21 bits per heavy atom. The molecule has 0 aromatic heterocycles. The summed E-state index contributed by atoms with van der Waals surface area (Å²) in [5.74, 6) is 1.00. The Hall–Kier alpha value is -0.370. The van der Waals surface area contributed by atoms with Gasteiger partial charge in [-0.05, 0) is 37.0 Å². The molecule has 0 amide bonds. The van der Waals surface area contributed by atoms with Gasteiger partial charge in [0.05, 0.1) is 6.10 Å². The van der Waals surface area contributed by atoms with Gasteiger partial charge in [-0.25, -0.2) is 0 Å². The maximum atomic E-state index is 11.8. The molecule has 2 bridgehead atoms. The first-order valence-corrected chi connectivity index (χ1v) is 5.92. The lowest BCUT2D eigenvalue weighted by atomic mass is 9.60. The van der Waals surface area contributed by atoms with Gasteiger partial charge in [0.2, 0.25) is 0 Å². The van der Waals surface area contributed by atoms with Gasteiger partial charge in [-0.15, -0.1) is 0 Å². The van der Waals surface area contributed by atoms with Crippen molar-refractivity contribution in [3.63, 3.8) is 0 Å². The number of hydrogen-bond acceptors (Lipinski definition) is 2. The second kappa shape index (κ2) is 2.82. The van der Waals surface area contributed by atoms with Crippen molar-refractivity contribution in [3.8, 4) is 0 Å². The van der Waals surface area contributed by atoms with E-state index in [9.17, 15) is 9.90 Å². The summed E-state index contributed by atoms with van der Waals surface area (Å²) in [5.41, 5.74) is 0.333. The highest BCUT2D eigenvalue weighted by Gasteiger charge is 2.55. The zero-order chi connectivity index (χ0) is 9.76. The molecule has 0 aliphatic heterocycles. The van der Waals surface area contributed by atoms with Crippen molar-refractivity contribution in [3.05, 3.63) is 0 Å². The van der Waals surface area contributed by atoms with Crippen LogP contribution in [-0.2, 0) is 4.79 Å². The lowest BCUT2D eigenvalue weighted by molar-refractivity contribution is -0.123. The molecule has 4 unspecified atom stereocenters. The number of carbonyl (C=O) groups excluding carboxylic acids is 1. The van der Waals surface area contributed by atoms with Crippen LogP contribution < -0.4 is 0 Å². The molecule has 3 aliphatic carbocycles. The number of aliphatic hydroxyl groups is 1. The van der Waals surface area contributed by atoms with E-state index < -0.39 is 0 Å². The maximum Gasteiger partial charge on any atom is 0.139 e. The fourth-order valence-corrected chi connectivity index (χ4v) is 4.16. The number of carbonyl (C=O) groups is 1. The van der Waals surface area contributed by atoms with E-state index in [-0.39, 0.29) is 12.0 Å². The number of hydrogen-bond donors (Lipinski definition) is 1. The molecule has 0 aromatic carbocycles. The first-order valence-electron chi connectivity index (χ1n) is 5.92. The summed E-state index contributed by atoms with van der Waals surface area (Å²) in [7, 11) is 0. The van der Waals surface area contributed by atoms with Gasteiger partial charge in [0.15, 0.2) is 0 Å². The van der Waals surface area contributed by atoms with Crippen molar-refractivity contribution in [2.45, 2.75) is 51.0 Å². The monoisotopic (exact) mass is 194 g/mol. The maximum absolute atomic E-state index is 11.8. The Labute approximate surface area is 84.7 Å². The summed E-state index contributed by atoms with van der Waals surface area (Å²) in [5, 5.41) is 9.88. The van der Waals surface area contributed by atoms with E-state index in [1.54, 1.807) is 0 Å². The minimum Gasteiger partial charge on any atom is -0.392 e. The van der Waals surface area contributed by atoms with E-state index in [1.165, 1.54) is 25.7 Å². The zero-order valence-electron chi connectivity index (χ0n) is 8.54. The summed E-state index contributed by atoms with van der Waals surface area (Å²) in [4.78, 5) is 11.8. The van der Waals surface area contributed by atoms with Crippen LogP contribution in [0.3, 0.4) is 0 Å². The number of fused-ring (bicyclic) bond motifs is 1. The Balaban J connectivity index is 1.94. The number of ketones is 1. The van der Waals surface area contributed by atoms with Gasteiger partial charge < -0.3 is 5.11 Å². The van der Waals surface area contributed by atoms with Crippen molar-refractivity contribution >= 4 is 5.78 Å². The topological polar surface area (TPSA) is 37.3 Å². The molecule has 4 atom stereocenters. The van der Waals surface area contributed by atoms with E-state index in [0.717, 1.165) is 19.3 Å². The first-order chi connectivity index (χ1) is 6.71. The van der Waals surface area contributed by atoms with E-state index in [2.05, 4.69) is 0 Å². The Morgan fingerprint density at radius 3 is 3.07 bits per heavy atom. The number of rotatable bonds is 0. The molecular formula is C12H18O2. The summed E-state index contributed by atoms with van der Waals surface area (Å²) >= 11 is 0. The van der Waals surface area contributed by atoms with Gasteiger partial charge in [0.25, 0.3) is 0 Å². The van der Waals surface area contributed by atoms with E-state index in [1.807, 2.05) is 0 Å². The average Bonchev–Trinajstić information content (AvgIpc) is 2.44.